The van der Waals surface area contributed by atoms with Crippen LogP contribution < -0.4 is 0 Å². The van der Waals surface area contributed by atoms with E-state index in [9.17, 15) is 13.2 Å². The molecule has 77 valence electrons. The minimum absolute atomic E-state index is 0.0844. The third-order valence-electron chi connectivity index (χ3n) is 1.77. The molecule has 0 spiro atoms. The fraction of sp³-hybridized carbons (Fsp3) is 0.111. The molecule has 3 nitrogen and oxygen atoms in total. The third-order valence-corrected chi connectivity index (χ3v) is 1.77. The summed E-state index contributed by atoms with van der Waals surface area (Å²) in [6, 6.07) is 4.69. The first kappa shape index (κ1) is 9.70. The van der Waals surface area contributed by atoms with Crippen molar-refractivity contribution in [3.63, 3.8) is 0 Å². The lowest BCUT2D eigenvalue weighted by Crippen LogP contribution is -2.04. The van der Waals surface area contributed by atoms with Crippen molar-refractivity contribution in [1.29, 1.82) is 0 Å². The number of rotatable bonds is 1. The predicted octanol–water partition coefficient (Wildman–Crippen LogP) is 2.56. The van der Waals surface area contributed by atoms with E-state index in [4.69, 9.17) is 0 Å². The van der Waals surface area contributed by atoms with Gasteiger partial charge in [-0.2, -0.15) is 18.2 Å². The summed E-state index contributed by atoms with van der Waals surface area (Å²) in [6.07, 6.45) is -2.30. The van der Waals surface area contributed by atoms with E-state index in [2.05, 4.69) is 21.1 Å². The van der Waals surface area contributed by atoms with E-state index < -0.39 is 11.7 Å². The van der Waals surface area contributed by atoms with Gasteiger partial charge in [0, 0.05) is 5.56 Å². The van der Waals surface area contributed by atoms with Crippen molar-refractivity contribution >= 4 is 0 Å². The van der Waals surface area contributed by atoms with Gasteiger partial charge in [-0.25, -0.2) is 0 Å². The molecule has 0 atom stereocenters. The molecule has 1 aromatic heterocycles. The number of hydrogen-bond acceptors (Lipinski definition) is 3. The zero-order valence-electron chi connectivity index (χ0n) is 7.25. The SMILES string of the molecule is FC(F)(F)c1cccc(-c2n[c]on2)c1. The molecule has 1 heterocycles. The molecule has 2 rings (SSSR count). The van der Waals surface area contributed by atoms with Gasteiger partial charge in [0.05, 0.1) is 5.56 Å². The van der Waals surface area contributed by atoms with E-state index in [1.807, 2.05) is 0 Å². The van der Waals surface area contributed by atoms with Crippen LogP contribution in [0.3, 0.4) is 0 Å². The van der Waals surface area contributed by atoms with Crippen molar-refractivity contribution in [2.45, 2.75) is 6.18 Å². The Morgan fingerprint density at radius 1 is 1.27 bits per heavy atom. The first-order valence-corrected chi connectivity index (χ1v) is 3.95. The molecule has 2 aromatic rings. The standard InChI is InChI=1S/C9H4F3N2O/c10-9(11,12)7-3-1-2-6(4-7)8-13-5-15-14-8/h1-4H. The molecule has 0 unspecified atom stereocenters. The zero-order valence-corrected chi connectivity index (χ0v) is 7.25. The van der Waals surface area contributed by atoms with Gasteiger partial charge in [0.25, 0.3) is 0 Å². The Balaban J connectivity index is 2.44. The van der Waals surface area contributed by atoms with Crippen LogP contribution in [0.1, 0.15) is 5.56 Å². The summed E-state index contributed by atoms with van der Waals surface area (Å²) in [5, 5.41) is 3.40. The van der Waals surface area contributed by atoms with E-state index in [0.29, 0.717) is 0 Å². The molecule has 0 aliphatic carbocycles. The fourth-order valence-corrected chi connectivity index (χ4v) is 1.10. The maximum atomic E-state index is 12.3. The molecule has 0 N–H and O–H groups in total. The maximum absolute atomic E-state index is 12.3. The van der Waals surface area contributed by atoms with E-state index >= 15 is 0 Å². The summed E-state index contributed by atoms with van der Waals surface area (Å²) >= 11 is 0. The normalized spacial score (nSPS) is 11.7. The predicted molar refractivity (Wildman–Crippen MR) is 43.6 cm³/mol. The van der Waals surface area contributed by atoms with Crippen LogP contribution in [0.25, 0.3) is 11.4 Å². The Labute approximate surface area is 82.5 Å². The molecule has 0 fully saturated rings. The molecule has 0 amide bonds. The summed E-state index contributed by atoms with van der Waals surface area (Å²) in [4.78, 5) is 3.54. The summed E-state index contributed by atoms with van der Waals surface area (Å²) in [6.45, 7) is 0. The molecule has 1 radical (unpaired) electrons. The molecule has 0 aliphatic rings. The van der Waals surface area contributed by atoms with Crippen LogP contribution >= 0.6 is 0 Å². The molecule has 6 heteroatoms. The summed E-state index contributed by atoms with van der Waals surface area (Å²) in [5.74, 6) is 0.0844. The Morgan fingerprint density at radius 2 is 2.07 bits per heavy atom. The van der Waals surface area contributed by atoms with Gasteiger partial charge in [-0.1, -0.05) is 17.3 Å². The number of aromatic nitrogens is 2. The zero-order chi connectivity index (χ0) is 10.9. The second kappa shape index (κ2) is 3.38. The quantitative estimate of drug-likeness (QED) is 0.730. The van der Waals surface area contributed by atoms with Crippen LogP contribution in [-0.4, -0.2) is 10.1 Å². The topological polar surface area (TPSA) is 38.9 Å². The van der Waals surface area contributed by atoms with Gasteiger partial charge in [0.15, 0.2) is 0 Å². The second-order valence-corrected chi connectivity index (χ2v) is 2.79. The van der Waals surface area contributed by atoms with Crippen molar-refractivity contribution in [3.05, 3.63) is 36.2 Å². The van der Waals surface area contributed by atoms with Gasteiger partial charge < -0.3 is 4.52 Å². The Bertz CT molecular complexity index is 451. The molecule has 1 aromatic carbocycles. The fourth-order valence-electron chi connectivity index (χ4n) is 1.10. The smallest absolute Gasteiger partial charge is 0.328 e. The summed E-state index contributed by atoms with van der Waals surface area (Å²) in [7, 11) is 0. The number of nitrogens with zero attached hydrogens (tertiary/aromatic N) is 2. The molecule has 15 heavy (non-hydrogen) atoms. The molecule has 0 bridgehead atoms. The van der Waals surface area contributed by atoms with Crippen molar-refractivity contribution < 1.29 is 17.7 Å². The van der Waals surface area contributed by atoms with Gasteiger partial charge in [0.1, 0.15) is 0 Å². The first-order chi connectivity index (χ1) is 7.07. The first-order valence-electron chi connectivity index (χ1n) is 3.95. The number of halogens is 3. The highest BCUT2D eigenvalue weighted by Crippen LogP contribution is 2.31. The molecular formula is C9H4F3N2O. The Kier molecular flexibility index (Phi) is 2.18. The van der Waals surface area contributed by atoms with Crippen LogP contribution in [0.4, 0.5) is 13.2 Å². The molecule has 0 aliphatic heterocycles. The van der Waals surface area contributed by atoms with Crippen LogP contribution in [0.5, 0.6) is 0 Å². The lowest BCUT2D eigenvalue weighted by molar-refractivity contribution is -0.137. The van der Waals surface area contributed by atoms with Gasteiger partial charge in [0.2, 0.25) is 5.82 Å². The maximum Gasteiger partial charge on any atom is 0.416 e. The van der Waals surface area contributed by atoms with Crippen LogP contribution in [0, 0.1) is 6.39 Å². The minimum atomic E-state index is -4.37. The summed E-state index contributed by atoms with van der Waals surface area (Å²) in [5.41, 5.74) is -0.500. The van der Waals surface area contributed by atoms with Crippen LogP contribution in [0.15, 0.2) is 28.8 Å². The third kappa shape index (κ3) is 1.98. The second-order valence-electron chi connectivity index (χ2n) is 2.79. The van der Waals surface area contributed by atoms with E-state index in [1.54, 1.807) is 0 Å². The van der Waals surface area contributed by atoms with Crippen molar-refractivity contribution in [2.24, 2.45) is 0 Å². The van der Waals surface area contributed by atoms with E-state index in [1.165, 1.54) is 12.1 Å². The molecular weight excluding hydrogens is 209 g/mol. The van der Waals surface area contributed by atoms with E-state index in [0.717, 1.165) is 12.1 Å². The van der Waals surface area contributed by atoms with Gasteiger partial charge in [-0.3, -0.25) is 0 Å². The highest BCUT2D eigenvalue weighted by atomic mass is 19.4. The van der Waals surface area contributed by atoms with Gasteiger partial charge in [-0.15, -0.1) is 0 Å². The average molecular weight is 213 g/mol. The number of hydrogen-bond donors (Lipinski definition) is 0. The Morgan fingerprint density at radius 3 is 2.67 bits per heavy atom. The van der Waals surface area contributed by atoms with Crippen LogP contribution in [0.2, 0.25) is 0 Å². The summed E-state index contributed by atoms with van der Waals surface area (Å²) < 4.78 is 41.3. The molecule has 0 saturated carbocycles. The van der Waals surface area contributed by atoms with Gasteiger partial charge in [-0.05, 0) is 12.1 Å². The van der Waals surface area contributed by atoms with Gasteiger partial charge >= 0.3 is 12.6 Å². The number of benzene rings is 1. The number of alkyl halides is 3. The average Bonchev–Trinajstić information content (AvgIpc) is 2.69. The minimum Gasteiger partial charge on any atom is -0.328 e. The van der Waals surface area contributed by atoms with Crippen molar-refractivity contribution in [2.75, 3.05) is 0 Å². The Hall–Kier alpha value is -1.85. The lowest BCUT2D eigenvalue weighted by atomic mass is 10.1. The monoisotopic (exact) mass is 213 g/mol. The largest absolute Gasteiger partial charge is 0.416 e. The molecule has 0 saturated heterocycles. The van der Waals surface area contributed by atoms with Crippen LogP contribution in [-0.2, 0) is 6.18 Å². The lowest BCUT2D eigenvalue weighted by Gasteiger charge is -2.06. The van der Waals surface area contributed by atoms with Crippen molar-refractivity contribution in [3.8, 4) is 11.4 Å². The van der Waals surface area contributed by atoms with E-state index in [-0.39, 0.29) is 11.4 Å². The highest BCUT2D eigenvalue weighted by Gasteiger charge is 2.30. The highest BCUT2D eigenvalue weighted by molar-refractivity contribution is 5.55. The van der Waals surface area contributed by atoms with Crippen molar-refractivity contribution in [1.82, 2.24) is 10.1 Å².